The van der Waals surface area contributed by atoms with Crippen molar-refractivity contribution in [2.45, 2.75) is 21.2 Å². The second-order valence-electron chi connectivity index (χ2n) is 11.5. The molecule has 194 valence electrons. The van der Waals surface area contributed by atoms with Gasteiger partial charge in [-0.1, -0.05) is 0 Å². The maximum absolute atomic E-state index is 2.51. The molecule has 0 fully saturated rings. The predicted octanol–water partition coefficient (Wildman–Crippen LogP) is 11.0. The summed E-state index contributed by atoms with van der Waals surface area (Å²) in [5, 5.41) is 5.29. The van der Waals surface area contributed by atoms with E-state index in [4.69, 9.17) is 0 Å². The molecule has 0 aliphatic heterocycles. The fourth-order valence-electron chi connectivity index (χ4n) is 7.10. The Morgan fingerprint density at radius 3 is 1.29 bits per heavy atom. The van der Waals surface area contributed by atoms with Gasteiger partial charge >= 0.3 is 255 Å². The Morgan fingerprint density at radius 1 is 0.415 bits per heavy atom. The van der Waals surface area contributed by atoms with E-state index in [2.05, 4.69) is 147 Å². The maximum atomic E-state index is 2.51. The van der Waals surface area contributed by atoms with Gasteiger partial charge in [0.1, 0.15) is 0 Å². The molecule has 0 nitrogen and oxygen atoms in total. The number of benzene rings is 6. The molecule has 2 aliphatic rings. The van der Waals surface area contributed by atoms with Crippen molar-refractivity contribution in [3.8, 4) is 22.3 Å². The van der Waals surface area contributed by atoms with E-state index in [1.807, 2.05) is 0 Å². The molecule has 0 saturated heterocycles. The Bertz CT molecular complexity index is 1900. The first kappa shape index (κ1) is 24.9. The normalized spacial score (nSPS) is 17.3. The minimum absolute atomic E-state index is 0.612. The van der Waals surface area contributed by atoms with E-state index >= 15 is 0 Å². The Hall–Kier alpha value is -3.81. The zero-order valence-electron chi connectivity index (χ0n) is 23.4. The van der Waals surface area contributed by atoms with E-state index in [1.165, 1.54) is 54.9 Å². The summed E-state index contributed by atoms with van der Waals surface area (Å²) in [5.41, 5.74) is 14.6. The zero-order chi connectivity index (χ0) is 27.5. The molecule has 6 aromatic rings. The minimum atomic E-state index is -1.22. The van der Waals surface area contributed by atoms with Gasteiger partial charge < -0.3 is 0 Å². The summed E-state index contributed by atoms with van der Waals surface area (Å²) in [5.74, 6) is 0. The van der Waals surface area contributed by atoms with E-state index in [-0.39, 0.29) is 0 Å². The molecule has 0 radical (unpaired) electrons. The first-order chi connectivity index (χ1) is 20.2. The van der Waals surface area contributed by atoms with Gasteiger partial charge in [0.15, 0.2) is 0 Å². The molecule has 1 heteroatoms. The van der Waals surface area contributed by atoms with Crippen molar-refractivity contribution in [2.24, 2.45) is 0 Å². The number of rotatable bonds is 4. The molecule has 0 heterocycles. The van der Waals surface area contributed by atoms with E-state index in [0.717, 1.165) is 0 Å². The van der Waals surface area contributed by atoms with Crippen molar-refractivity contribution >= 4 is 33.7 Å². The van der Waals surface area contributed by atoms with Crippen LogP contribution in [0.4, 0.5) is 0 Å². The summed E-state index contributed by atoms with van der Waals surface area (Å²) in [4.78, 5) is 0. The van der Waals surface area contributed by atoms with Gasteiger partial charge in [-0.15, -0.1) is 0 Å². The van der Waals surface area contributed by atoms with E-state index < -0.39 is 22.9 Å². The molecule has 0 amide bonds. The standard InChI is InChI=1S/2C20H15.Hf/c2*1-14-12-16-8-5-11-19(20(16)13-14)18-10-4-7-15-6-2-3-9-17(15)18;/h2*2-13H,1H3;. The second kappa shape index (κ2) is 9.93. The van der Waals surface area contributed by atoms with E-state index in [1.54, 1.807) is 22.3 Å². The number of hydrogen-bond acceptors (Lipinski definition) is 0. The molecule has 0 saturated carbocycles. The van der Waals surface area contributed by atoms with Crippen molar-refractivity contribution in [1.82, 2.24) is 0 Å². The van der Waals surface area contributed by atoms with Crippen molar-refractivity contribution in [3.05, 3.63) is 155 Å². The molecular weight excluding hydrogens is 659 g/mol. The molecule has 2 aliphatic carbocycles. The fraction of sp³-hybridized carbons (Fsp3) is 0.100. The first-order valence-electron chi connectivity index (χ1n) is 14.5. The van der Waals surface area contributed by atoms with Gasteiger partial charge in [0, 0.05) is 0 Å². The summed E-state index contributed by atoms with van der Waals surface area (Å²) in [7, 11) is 0. The van der Waals surface area contributed by atoms with Crippen LogP contribution in [-0.4, -0.2) is 0 Å². The SMILES string of the molecule is CC1=Cc2c(-c3cccc4ccccc34)cccc2[CH]1[Hf][CH]1C(C)=Cc2c(-c3cccc4ccccc34)cccc21. The molecule has 6 aromatic carbocycles. The van der Waals surface area contributed by atoms with Gasteiger partial charge in [-0.3, -0.25) is 0 Å². The molecule has 41 heavy (non-hydrogen) atoms. The van der Waals surface area contributed by atoms with Crippen LogP contribution in [0.1, 0.15) is 43.5 Å². The van der Waals surface area contributed by atoms with Gasteiger partial charge in [0.05, 0.1) is 0 Å². The molecule has 0 spiro atoms. The zero-order valence-corrected chi connectivity index (χ0v) is 26.9. The summed E-state index contributed by atoms with van der Waals surface area (Å²) in [6.07, 6.45) is 5.01. The molecule has 8 rings (SSSR count). The monoisotopic (exact) mass is 690 g/mol. The van der Waals surface area contributed by atoms with Crippen LogP contribution in [0.5, 0.6) is 0 Å². The topological polar surface area (TPSA) is 0 Å². The quantitative estimate of drug-likeness (QED) is 0.162. The summed E-state index contributed by atoms with van der Waals surface area (Å²) >= 11 is -1.22. The molecule has 2 atom stereocenters. The van der Waals surface area contributed by atoms with Crippen LogP contribution < -0.4 is 0 Å². The summed E-state index contributed by atoms with van der Waals surface area (Å²) < 4.78 is 1.22. The Kier molecular flexibility index (Phi) is 6.04. The van der Waals surface area contributed by atoms with Crippen LogP contribution in [0, 0.1) is 0 Å². The number of allylic oxidation sites excluding steroid dienone is 2. The van der Waals surface area contributed by atoms with Crippen LogP contribution in [0.15, 0.2) is 132 Å². The van der Waals surface area contributed by atoms with Crippen LogP contribution in [-0.2, 0) is 22.9 Å². The molecular formula is C40H30Hf. The van der Waals surface area contributed by atoms with Crippen LogP contribution in [0.3, 0.4) is 0 Å². The van der Waals surface area contributed by atoms with Crippen LogP contribution >= 0.6 is 0 Å². The van der Waals surface area contributed by atoms with Gasteiger partial charge in [0.2, 0.25) is 0 Å². The van der Waals surface area contributed by atoms with Gasteiger partial charge in [-0.25, -0.2) is 0 Å². The van der Waals surface area contributed by atoms with Crippen LogP contribution in [0.25, 0.3) is 56.0 Å². The average Bonchev–Trinajstić information content (AvgIpc) is 3.51. The molecule has 0 aromatic heterocycles. The van der Waals surface area contributed by atoms with Crippen molar-refractivity contribution < 1.29 is 22.9 Å². The Labute approximate surface area is 253 Å². The Balaban J connectivity index is 1.19. The first-order valence-corrected chi connectivity index (χ1v) is 18.7. The molecule has 0 bridgehead atoms. The third-order valence-corrected chi connectivity index (χ3v) is 17.0. The van der Waals surface area contributed by atoms with E-state index in [9.17, 15) is 0 Å². The van der Waals surface area contributed by atoms with Gasteiger partial charge in [0.25, 0.3) is 0 Å². The van der Waals surface area contributed by atoms with Gasteiger partial charge in [-0.05, 0) is 0 Å². The third kappa shape index (κ3) is 4.05. The summed E-state index contributed by atoms with van der Waals surface area (Å²) in [6.45, 7) is 4.76. The number of hydrogen-bond donors (Lipinski definition) is 0. The molecule has 2 unspecified atom stereocenters. The Morgan fingerprint density at radius 2 is 0.805 bits per heavy atom. The predicted molar refractivity (Wildman–Crippen MR) is 172 cm³/mol. The van der Waals surface area contributed by atoms with Crippen molar-refractivity contribution in [2.75, 3.05) is 0 Å². The summed E-state index contributed by atoms with van der Waals surface area (Å²) in [6, 6.07) is 45.1. The fourth-order valence-corrected chi connectivity index (χ4v) is 13.9. The molecule has 0 N–H and O–H groups in total. The van der Waals surface area contributed by atoms with E-state index in [0.29, 0.717) is 7.35 Å². The van der Waals surface area contributed by atoms with Gasteiger partial charge in [-0.2, -0.15) is 0 Å². The average molecular weight is 689 g/mol. The number of fused-ring (bicyclic) bond motifs is 4. The van der Waals surface area contributed by atoms with Crippen LogP contribution in [0.2, 0.25) is 0 Å². The van der Waals surface area contributed by atoms with Crippen molar-refractivity contribution in [1.29, 1.82) is 0 Å². The van der Waals surface area contributed by atoms with Crippen molar-refractivity contribution in [3.63, 3.8) is 0 Å². The third-order valence-electron chi connectivity index (χ3n) is 9.05. The second-order valence-corrected chi connectivity index (χ2v) is 16.8.